The van der Waals surface area contributed by atoms with Gasteiger partial charge in [0, 0.05) is 17.3 Å². The summed E-state index contributed by atoms with van der Waals surface area (Å²) in [6.45, 7) is 1.46. The van der Waals surface area contributed by atoms with E-state index in [1.807, 2.05) is 0 Å². The molecule has 0 aliphatic carbocycles. The van der Waals surface area contributed by atoms with Crippen LogP contribution in [-0.2, 0) is 21.8 Å². The summed E-state index contributed by atoms with van der Waals surface area (Å²) in [5.74, 6) is -1.94. The van der Waals surface area contributed by atoms with Crippen molar-refractivity contribution in [2.75, 3.05) is 21.3 Å². The van der Waals surface area contributed by atoms with Crippen LogP contribution in [0.15, 0.2) is 27.2 Å². The highest BCUT2D eigenvalue weighted by atomic mass is 35.5. The van der Waals surface area contributed by atoms with Gasteiger partial charge in [0.2, 0.25) is 0 Å². The van der Waals surface area contributed by atoms with Gasteiger partial charge in [-0.3, -0.25) is 0 Å². The van der Waals surface area contributed by atoms with E-state index in [0.29, 0.717) is 4.68 Å². The van der Waals surface area contributed by atoms with Crippen LogP contribution in [0.1, 0.15) is 25.6 Å². The lowest BCUT2D eigenvalue weighted by Crippen LogP contribution is -2.40. The number of aromatic carboxylic acids is 1. The smallest absolute Gasteiger partial charge is 0.360 e. The molecular formula is C20H20Cl2N4O10S2. The molecule has 3 rings (SSSR count). The standard InChI is InChI=1S/C12H14N4O7S2.C8H6Cl2O3/c1-6-8(7(5-24-6)9(17)22-3)25(20,21)14-10(18)16-12(19)15(2)11(13-16)23-4;1-13-7-5(10)3-2-4(9)6(7)8(11)12/h5H,1-4H3,(H,14,18);2-3H,1H3,(H,11,12). The summed E-state index contributed by atoms with van der Waals surface area (Å²) < 4.78 is 42.1. The number of hydrogen-bond acceptors (Lipinski definition) is 11. The number of nitrogens with zero attached hydrogens (tertiary/aromatic N) is 3. The van der Waals surface area contributed by atoms with E-state index in [0.717, 1.165) is 23.0 Å². The minimum Gasteiger partial charge on any atom is -0.494 e. The predicted octanol–water partition coefficient (Wildman–Crippen LogP) is 2.39. The zero-order chi connectivity index (χ0) is 28.9. The number of methoxy groups -OCH3 is 3. The molecular weight excluding hydrogens is 591 g/mol. The average molecular weight is 611 g/mol. The minimum atomic E-state index is -4.45. The Kier molecular flexibility index (Phi) is 9.91. The Morgan fingerprint density at radius 2 is 1.71 bits per heavy atom. The molecule has 0 bridgehead atoms. The second-order valence-corrected chi connectivity index (χ2v) is 10.4. The van der Waals surface area contributed by atoms with E-state index in [1.165, 1.54) is 45.7 Å². The number of sulfonamides is 1. The topological polar surface area (TPSA) is 185 Å². The van der Waals surface area contributed by atoms with Crippen LogP contribution in [0.3, 0.4) is 0 Å². The molecule has 1 amide bonds. The van der Waals surface area contributed by atoms with Gasteiger partial charge in [-0.25, -0.2) is 36.9 Å². The van der Waals surface area contributed by atoms with Gasteiger partial charge in [0.1, 0.15) is 10.5 Å². The molecule has 0 spiro atoms. The Hall–Kier alpha value is -3.60. The largest absolute Gasteiger partial charge is 0.494 e. The molecule has 0 saturated heterocycles. The number of carbonyl (C=O) groups is 3. The van der Waals surface area contributed by atoms with Gasteiger partial charge < -0.3 is 19.3 Å². The first kappa shape index (κ1) is 30.6. The number of nitrogens with one attached hydrogen (secondary N) is 1. The van der Waals surface area contributed by atoms with Gasteiger partial charge in [0.15, 0.2) is 5.75 Å². The fraction of sp³-hybridized carbons (Fsp3) is 0.250. The SMILES string of the molecule is COC(=O)c1csc(C)c1S(=O)(=O)NC(=O)n1nc(OC)n(C)c1=O.COc1c(Cl)ccc(Cl)c1C(=O)O. The first-order valence-electron chi connectivity index (χ1n) is 9.90. The Bertz CT molecular complexity index is 1560. The van der Waals surface area contributed by atoms with Crippen LogP contribution in [0.2, 0.25) is 10.0 Å². The van der Waals surface area contributed by atoms with Crippen molar-refractivity contribution in [2.45, 2.75) is 11.8 Å². The van der Waals surface area contributed by atoms with Crippen LogP contribution in [0.4, 0.5) is 4.79 Å². The first-order chi connectivity index (χ1) is 17.7. The van der Waals surface area contributed by atoms with Crippen molar-refractivity contribution in [3.05, 3.63) is 54.0 Å². The van der Waals surface area contributed by atoms with Gasteiger partial charge in [-0.2, -0.15) is 0 Å². The lowest BCUT2D eigenvalue weighted by atomic mass is 10.2. The molecule has 3 aromatic rings. The number of hydrogen-bond donors (Lipinski definition) is 2. The molecule has 0 atom stereocenters. The molecule has 2 N–H and O–H groups in total. The fourth-order valence-electron chi connectivity index (χ4n) is 2.90. The lowest BCUT2D eigenvalue weighted by molar-refractivity contribution is 0.0596. The molecule has 0 aliphatic heterocycles. The van der Waals surface area contributed by atoms with Gasteiger partial charge in [0.25, 0.3) is 10.0 Å². The minimum absolute atomic E-state index is 0.0849. The van der Waals surface area contributed by atoms with E-state index in [4.69, 9.17) is 37.8 Å². The molecule has 206 valence electrons. The van der Waals surface area contributed by atoms with Crippen LogP contribution >= 0.6 is 34.5 Å². The van der Waals surface area contributed by atoms with Crippen LogP contribution < -0.4 is 19.9 Å². The summed E-state index contributed by atoms with van der Waals surface area (Å²) in [4.78, 5) is 46.4. The van der Waals surface area contributed by atoms with Crippen molar-refractivity contribution in [1.82, 2.24) is 19.1 Å². The van der Waals surface area contributed by atoms with Gasteiger partial charge >= 0.3 is 29.7 Å². The normalized spacial score (nSPS) is 10.7. The molecule has 0 radical (unpaired) electrons. The zero-order valence-electron chi connectivity index (χ0n) is 20.3. The number of ether oxygens (including phenoxy) is 3. The number of esters is 1. The number of amides is 1. The Labute approximate surface area is 229 Å². The van der Waals surface area contributed by atoms with Crippen molar-refractivity contribution in [3.8, 4) is 11.8 Å². The molecule has 0 unspecified atom stereocenters. The highest BCUT2D eigenvalue weighted by Gasteiger charge is 2.30. The third-order valence-corrected chi connectivity index (χ3v) is 7.77. The summed E-state index contributed by atoms with van der Waals surface area (Å²) in [6.07, 6.45) is 0. The zero-order valence-corrected chi connectivity index (χ0v) is 23.4. The van der Waals surface area contributed by atoms with Crippen molar-refractivity contribution >= 4 is 62.5 Å². The van der Waals surface area contributed by atoms with Crippen molar-refractivity contribution in [1.29, 1.82) is 0 Å². The van der Waals surface area contributed by atoms with Crippen molar-refractivity contribution in [3.63, 3.8) is 0 Å². The van der Waals surface area contributed by atoms with E-state index in [-0.39, 0.29) is 37.8 Å². The molecule has 18 heteroatoms. The molecule has 2 heterocycles. The molecule has 38 heavy (non-hydrogen) atoms. The van der Waals surface area contributed by atoms with Gasteiger partial charge in [-0.05, 0) is 19.1 Å². The fourth-order valence-corrected chi connectivity index (χ4v) is 5.87. The number of carboxylic acids is 1. The second kappa shape index (κ2) is 12.3. The maximum atomic E-state index is 12.5. The average Bonchev–Trinajstić information content (AvgIpc) is 3.39. The Balaban J connectivity index is 0.000000328. The number of rotatable bonds is 6. The summed E-state index contributed by atoms with van der Waals surface area (Å²) in [5.41, 5.74) is -1.23. The quantitative estimate of drug-likeness (QED) is 0.390. The second-order valence-electron chi connectivity index (χ2n) is 6.92. The maximum Gasteiger partial charge on any atom is 0.360 e. The van der Waals surface area contributed by atoms with Crippen LogP contribution in [0, 0.1) is 6.92 Å². The number of carboxylic acid groups (broad SMARTS) is 1. The number of aryl methyl sites for hydroxylation is 1. The van der Waals surface area contributed by atoms with E-state index >= 15 is 0 Å². The lowest BCUT2D eigenvalue weighted by Gasteiger charge is -2.07. The molecule has 1 aromatic carbocycles. The van der Waals surface area contributed by atoms with E-state index in [9.17, 15) is 27.6 Å². The van der Waals surface area contributed by atoms with Gasteiger partial charge in [-0.15, -0.1) is 21.1 Å². The Morgan fingerprint density at radius 3 is 2.18 bits per heavy atom. The van der Waals surface area contributed by atoms with E-state index in [2.05, 4.69) is 9.84 Å². The number of halogens is 2. The Morgan fingerprint density at radius 1 is 1.11 bits per heavy atom. The molecule has 14 nitrogen and oxygen atoms in total. The number of benzene rings is 1. The van der Waals surface area contributed by atoms with Gasteiger partial charge in [-0.1, -0.05) is 23.2 Å². The summed E-state index contributed by atoms with van der Waals surface area (Å²) in [7, 11) is 0.522. The third kappa shape index (κ3) is 6.27. The van der Waals surface area contributed by atoms with E-state index in [1.54, 1.807) is 4.72 Å². The maximum absolute atomic E-state index is 12.5. The van der Waals surface area contributed by atoms with Crippen LogP contribution in [0.5, 0.6) is 11.8 Å². The molecule has 2 aromatic heterocycles. The van der Waals surface area contributed by atoms with E-state index < -0.39 is 38.6 Å². The summed E-state index contributed by atoms with van der Waals surface area (Å²) >= 11 is 12.4. The summed E-state index contributed by atoms with van der Waals surface area (Å²) in [5, 5.41) is 14.0. The predicted molar refractivity (Wildman–Crippen MR) is 136 cm³/mol. The molecule has 0 saturated carbocycles. The monoisotopic (exact) mass is 610 g/mol. The van der Waals surface area contributed by atoms with Crippen molar-refractivity contribution < 1.29 is 42.1 Å². The highest BCUT2D eigenvalue weighted by Crippen LogP contribution is 2.33. The van der Waals surface area contributed by atoms with Crippen LogP contribution in [0.25, 0.3) is 0 Å². The van der Waals surface area contributed by atoms with Crippen LogP contribution in [-0.4, -0.2) is 67.2 Å². The van der Waals surface area contributed by atoms with Gasteiger partial charge in [0.05, 0.1) is 36.9 Å². The number of thiophene rings is 1. The van der Waals surface area contributed by atoms with Crippen molar-refractivity contribution in [2.24, 2.45) is 7.05 Å². The highest BCUT2D eigenvalue weighted by molar-refractivity contribution is 7.90. The number of aromatic nitrogens is 3. The summed E-state index contributed by atoms with van der Waals surface area (Å²) in [6, 6.07) is 1.40. The third-order valence-electron chi connectivity index (χ3n) is 4.61. The molecule has 0 aliphatic rings. The molecule has 0 fully saturated rings. The first-order valence-corrected chi connectivity index (χ1v) is 13.0. The number of carbonyl (C=O) groups excluding carboxylic acids is 2.